The minimum Gasteiger partial charge on any atom is -0.369 e. The van der Waals surface area contributed by atoms with E-state index in [-0.39, 0.29) is 29.9 Å². The van der Waals surface area contributed by atoms with E-state index in [0.29, 0.717) is 19.1 Å². The van der Waals surface area contributed by atoms with Crippen molar-refractivity contribution in [2.24, 2.45) is 10.7 Å². The molecule has 0 aromatic carbocycles. The number of guanidine groups is 1. The number of nitrogens with one attached hydrogen (secondary N) is 2. The third kappa shape index (κ3) is 6.89. The third-order valence-corrected chi connectivity index (χ3v) is 5.03. The van der Waals surface area contributed by atoms with Crippen LogP contribution in [0.1, 0.15) is 29.7 Å². The number of hydrogen-bond donors (Lipinski definition) is 3. The lowest BCUT2D eigenvalue weighted by Crippen LogP contribution is -2.49. The molecule has 0 atom stereocenters. The van der Waals surface area contributed by atoms with Gasteiger partial charge in [-0.3, -0.25) is 14.7 Å². The molecule has 0 aliphatic carbocycles. The number of aryl methyl sites for hydroxylation is 1. The van der Waals surface area contributed by atoms with E-state index in [9.17, 15) is 4.79 Å². The molecule has 2 rings (SSSR count). The fourth-order valence-corrected chi connectivity index (χ4v) is 3.40. The van der Waals surface area contributed by atoms with Gasteiger partial charge in [0.05, 0.1) is 13.1 Å². The fourth-order valence-electron chi connectivity index (χ4n) is 2.60. The minimum atomic E-state index is -0.260. The predicted octanol–water partition coefficient (Wildman–Crippen LogP) is 0.938. The molecule has 24 heavy (non-hydrogen) atoms. The van der Waals surface area contributed by atoms with Crippen LogP contribution in [0.15, 0.2) is 11.2 Å². The highest BCUT2D eigenvalue weighted by atomic mass is 127. The zero-order valence-corrected chi connectivity index (χ0v) is 17.4. The zero-order valence-electron chi connectivity index (χ0n) is 14.2. The van der Waals surface area contributed by atoms with Crippen LogP contribution in [0.4, 0.5) is 0 Å². The Hall–Kier alpha value is -0.940. The van der Waals surface area contributed by atoms with Crippen molar-refractivity contribution in [3.63, 3.8) is 0 Å². The molecule has 4 N–H and O–H groups in total. The van der Waals surface area contributed by atoms with Crippen LogP contribution in [-0.4, -0.2) is 54.5 Å². The van der Waals surface area contributed by atoms with Crippen LogP contribution < -0.4 is 16.4 Å². The third-order valence-electron chi connectivity index (χ3n) is 3.89. The topological polar surface area (TPSA) is 95.6 Å². The van der Waals surface area contributed by atoms with Gasteiger partial charge in [0.2, 0.25) is 5.91 Å². The number of piperidine rings is 1. The zero-order chi connectivity index (χ0) is 16.7. The van der Waals surface area contributed by atoms with Crippen molar-refractivity contribution >= 4 is 47.2 Å². The average Bonchev–Trinajstić information content (AvgIpc) is 3.00. The van der Waals surface area contributed by atoms with Crippen molar-refractivity contribution < 1.29 is 4.79 Å². The number of nitrogens with zero attached hydrogens (tertiary/aromatic N) is 3. The van der Waals surface area contributed by atoms with Crippen LogP contribution in [-0.2, 0) is 17.8 Å². The molecule has 0 radical (unpaired) electrons. The first-order valence-corrected chi connectivity index (χ1v) is 8.83. The summed E-state index contributed by atoms with van der Waals surface area (Å²) in [6.45, 7) is 4.93. The lowest BCUT2D eigenvalue weighted by Gasteiger charge is -2.32. The number of carbonyl (C=O) groups is 1. The number of thiazole rings is 1. The van der Waals surface area contributed by atoms with Crippen LogP contribution in [0.5, 0.6) is 0 Å². The summed E-state index contributed by atoms with van der Waals surface area (Å²) in [6, 6.07) is 0.368. The van der Waals surface area contributed by atoms with E-state index in [4.69, 9.17) is 5.73 Å². The Balaban J connectivity index is 0.00000288. The average molecular weight is 466 g/mol. The summed E-state index contributed by atoms with van der Waals surface area (Å²) < 4.78 is 0. The van der Waals surface area contributed by atoms with Gasteiger partial charge >= 0.3 is 0 Å². The molecule has 0 unspecified atom stereocenters. The standard InChI is InChI=1S/C15H26N6OS.HI/c1-3-12-8-18-14(23-12)9-19-15(17-2)20-11-4-6-21(7-5-11)10-13(16)22;/h8,11H,3-7,9-10H2,1-2H3,(H2,16,22)(H2,17,19,20);1H. The van der Waals surface area contributed by atoms with Gasteiger partial charge in [0, 0.05) is 37.3 Å². The molecule has 0 spiro atoms. The molecular formula is C15H27IN6OS. The number of likely N-dealkylation sites (tertiary alicyclic amines) is 1. The van der Waals surface area contributed by atoms with Gasteiger partial charge in [0.25, 0.3) is 0 Å². The van der Waals surface area contributed by atoms with Crippen LogP contribution >= 0.6 is 35.3 Å². The van der Waals surface area contributed by atoms with E-state index >= 15 is 0 Å². The minimum absolute atomic E-state index is 0. The lowest BCUT2D eigenvalue weighted by atomic mass is 10.1. The maximum absolute atomic E-state index is 10.9. The number of halogens is 1. The van der Waals surface area contributed by atoms with Gasteiger partial charge in [-0.2, -0.15) is 0 Å². The summed E-state index contributed by atoms with van der Waals surface area (Å²) in [6.07, 6.45) is 4.91. The van der Waals surface area contributed by atoms with Gasteiger partial charge in [-0.25, -0.2) is 4.98 Å². The molecule has 1 aromatic rings. The van der Waals surface area contributed by atoms with Crippen molar-refractivity contribution in [1.82, 2.24) is 20.5 Å². The second-order valence-corrected chi connectivity index (χ2v) is 6.86. The number of aliphatic imine (C=N–C) groups is 1. The number of hydrogen-bond acceptors (Lipinski definition) is 5. The van der Waals surface area contributed by atoms with Crippen LogP contribution in [0.3, 0.4) is 0 Å². The van der Waals surface area contributed by atoms with E-state index < -0.39 is 0 Å². The molecule has 0 bridgehead atoms. The Morgan fingerprint density at radius 2 is 2.21 bits per heavy atom. The first-order chi connectivity index (χ1) is 11.1. The number of amides is 1. The molecule has 9 heteroatoms. The van der Waals surface area contributed by atoms with Crippen molar-refractivity contribution in [1.29, 1.82) is 0 Å². The fraction of sp³-hybridized carbons (Fsp3) is 0.667. The van der Waals surface area contributed by atoms with Crippen molar-refractivity contribution in [2.45, 2.75) is 38.8 Å². The first kappa shape index (κ1) is 21.1. The summed E-state index contributed by atoms with van der Waals surface area (Å²) in [5.74, 6) is 0.537. The molecule has 1 aliphatic rings. The predicted molar refractivity (Wildman–Crippen MR) is 109 cm³/mol. The first-order valence-electron chi connectivity index (χ1n) is 8.02. The maximum atomic E-state index is 10.9. The molecular weight excluding hydrogens is 439 g/mol. The van der Waals surface area contributed by atoms with Crippen LogP contribution in [0, 0.1) is 0 Å². The van der Waals surface area contributed by atoms with E-state index in [0.717, 1.165) is 43.3 Å². The Kier molecular flexibility index (Phi) is 9.52. The number of nitrogens with two attached hydrogens (primary N) is 1. The lowest BCUT2D eigenvalue weighted by molar-refractivity contribution is -0.119. The summed E-state index contributed by atoms with van der Waals surface area (Å²) in [7, 11) is 1.77. The Bertz CT molecular complexity index is 542. The highest BCUT2D eigenvalue weighted by molar-refractivity contribution is 14.0. The molecule has 1 aromatic heterocycles. The van der Waals surface area contributed by atoms with E-state index in [1.165, 1.54) is 4.88 Å². The largest absolute Gasteiger partial charge is 0.369 e. The molecule has 1 aliphatic heterocycles. The van der Waals surface area contributed by atoms with Gasteiger partial charge in [-0.05, 0) is 19.3 Å². The molecule has 2 heterocycles. The summed E-state index contributed by atoms with van der Waals surface area (Å²) in [5, 5.41) is 7.83. The van der Waals surface area contributed by atoms with Crippen molar-refractivity contribution in [2.75, 3.05) is 26.7 Å². The number of primary amides is 1. The van der Waals surface area contributed by atoms with Gasteiger partial charge < -0.3 is 16.4 Å². The maximum Gasteiger partial charge on any atom is 0.231 e. The van der Waals surface area contributed by atoms with Gasteiger partial charge in [0.15, 0.2) is 5.96 Å². The normalized spacial score (nSPS) is 16.5. The van der Waals surface area contributed by atoms with Crippen molar-refractivity contribution in [3.05, 3.63) is 16.1 Å². The molecule has 136 valence electrons. The van der Waals surface area contributed by atoms with Crippen molar-refractivity contribution in [3.8, 4) is 0 Å². The van der Waals surface area contributed by atoms with Crippen LogP contribution in [0.25, 0.3) is 0 Å². The van der Waals surface area contributed by atoms with Gasteiger partial charge in [-0.1, -0.05) is 6.92 Å². The molecule has 1 saturated heterocycles. The van der Waals surface area contributed by atoms with E-state index in [2.05, 4.69) is 32.4 Å². The SMILES string of the molecule is CCc1cnc(CNC(=NC)NC2CCN(CC(N)=O)CC2)s1.I. The summed E-state index contributed by atoms with van der Waals surface area (Å²) >= 11 is 1.73. The highest BCUT2D eigenvalue weighted by Crippen LogP contribution is 2.13. The van der Waals surface area contributed by atoms with Gasteiger partial charge in [0.1, 0.15) is 5.01 Å². The van der Waals surface area contributed by atoms with Gasteiger partial charge in [-0.15, -0.1) is 35.3 Å². The molecule has 1 fully saturated rings. The smallest absolute Gasteiger partial charge is 0.231 e. The highest BCUT2D eigenvalue weighted by Gasteiger charge is 2.20. The molecule has 0 saturated carbocycles. The summed E-state index contributed by atoms with van der Waals surface area (Å²) in [5.41, 5.74) is 5.24. The van der Waals surface area contributed by atoms with E-state index in [1.807, 2.05) is 6.20 Å². The van der Waals surface area contributed by atoms with E-state index in [1.54, 1.807) is 18.4 Å². The molecule has 7 nitrogen and oxygen atoms in total. The quantitative estimate of drug-likeness (QED) is 0.330. The second-order valence-electron chi connectivity index (χ2n) is 5.66. The monoisotopic (exact) mass is 466 g/mol. The Labute approximate surface area is 164 Å². The number of aromatic nitrogens is 1. The Morgan fingerprint density at radius 1 is 1.50 bits per heavy atom. The summed E-state index contributed by atoms with van der Waals surface area (Å²) in [4.78, 5) is 23.0. The molecule has 1 amide bonds. The number of rotatable bonds is 6. The van der Waals surface area contributed by atoms with Crippen LogP contribution in [0.2, 0.25) is 0 Å². The second kappa shape index (κ2) is 10.8. The number of carbonyl (C=O) groups excluding carboxylic acids is 1. The Morgan fingerprint density at radius 3 is 2.75 bits per heavy atom.